The van der Waals surface area contributed by atoms with Gasteiger partial charge in [-0.15, -0.1) is 5.10 Å². The molecular formula is C20H21N3O3S. The normalized spacial score (nSPS) is 18.1. The number of benzene rings is 2. The van der Waals surface area contributed by atoms with Crippen LogP contribution in [0.25, 0.3) is 0 Å². The molecule has 1 fully saturated rings. The molecular weight excluding hydrogens is 362 g/mol. The summed E-state index contributed by atoms with van der Waals surface area (Å²) in [6.45, 7) is 2.58. The number of para-hydroxylation sites is 1. The summed E-state index contributed by atoms with van der Waals surface area (Å²) in [5.74, 6) is 1.50. The molecule has 1 aliphatic rings. The van der Waals surface area contributed by atoms with E-state index in [1.807, 2.05) is 55.5 Å². The topological polar surface area (TPSA) is 72.3 Å². The third-order valence-corrected chi connectivity index (χ3v) is 4.99. The number of methoxy groups -OCH3 is 1. The lowest BCUT2D eigenvalue weighted by molar-refractivity contribution is -0.118. The molecule has 1 heterocycles. The first-order valence-electron chi connectivity index (χ1n) is 8.63. The van der Waals surface area contributed by atoms with E-state index in [0.29, 0.717) is 18.2 Å². The molecule has 3 rings (SSSR count). The summed E-state index contributed by atoms with van der Waals surface area (Å²) in [4.78, 5) is 12.2. The van der Waals surface area contributed by atoms with Gasteiger partial charge in [0.1, 0.15) is 11.5 Å². The number of rotatable bonds is 7. The van der Waals surface area contributed by atoms with Crippen molar-refractivity contribution >= 4 is 29.1 Å². The van der Waals surface area contributed by atoms with Crippen LogP contribution in [0.5, 0.6) is 11.5 Å². The SMILES string of the molecule is CCOc1ccc(C[C@H]2S/C(=N/N=C\c3ccccc3OC)NC2=O)cc1. The standard InChI is InChI=1S/C20H21N3O3S/c1-3-26-16-10-8-14(9-11-16)12-18-19(24)22-20(27-18)23-21-13-15-6-4-5-7-17(15)25-2/h4-11,13,18H,3,12H2,1-2H3,(H,22,23,24)/b21-13-/t18-/m1/s1. The van der Waals surface area contributed by atoms with Crippen molar-refractivity contribution < 1.29 is 14.3 Å². The molecule has 1 atom stereocenters. The molecule has 0 spiro atoms. The fourth-order valence-corrected chi connectivity index (χ4v) is 3.57. The maximum atomic E-state index is 12.2. The highest BCUT2D eigenvalue weighted by molar-refractivity contribution is 8.15. The second-order valence-corrected chi connectivity index (χ2v) is 6.96. The summed E-state index contributed by atoms with van der Waals surface area (Å²) >= 11 is 1.39. The average molecular weight is 383 g/mol. The first-order chi connectivity index (χ1) is 13.2. The molecule has 140 valence electrons. The van der Waals surface area contributed by atoms with E-state index >= 15 is 0 Å². The minimum atomic E-state index is -0.219. The van der Waals surface area contributed by atoms with Crippen molar-refractivity contribution in [2.24, 2.45) is 10.2 Å². The third-order valence-electron chi connectivity index (χ3n) is 3.92. The number of ether oxygens (including phenoxy) is 2. The van der Waals surface area contributed by atoms with Crippen molar-refractivity contribution in [1.29, 1.82) is 0 Å². The van der Waals surface area contributed by atoms with E-state index in [1.165, 1.54) is 11.8 Å². The number of carbonyl (C=O) groups is 1. The second-order valence-electron chi connectivity index (χ2n) is 5.77. The highest BCUT2D eigenvalue weighted by atomic mass is 32.2. The van der Waals surface area contributed by atoms with Crippen LogP contribution in [0.3, 0.4) is 0 Å². The van der Waals surface area contributed by atoms with E-state index in [0.717, 1.165) is 22.6 Å². The van der Waals surface area contributed by atoms with Crippen molar-refractivity contribution in [2.45, 2.75) is 18.6 Å². The Hall–Kier alpha value is -2.80. The molecule has 1 saturated heterocycles. The van der Waals surface area contributed by atoms with Gasteiger partial charge in [0.15, 0.2) is 5.17 Å². The average Bonchev–Trinajstić information content (AvgIpc) is 3.03. The van der Waals surface area contributed by atoms with Gasteiger partial charge in [-0.1, -0.05) is 36.0 Å². The highest BCUT2D eigenvalue weighted by Crippen LogP contribution is 2.24. The van der Waals surface area contributed by atoms with E-state index in [1.54, 1.807) is 13.3 Å². The first kappa shape index (κ1) is 19.0. The molecule has 0 saturated carbocycles. The molecule has 2 aromatic carbocycles. The van der Waals surface area contributed by atoms with Crippen LogP contribution in [0.4, 0.5) is 0 Å². The van der Waals surface area contributed by atoms with Gasteiger partial charge >= 0.3 is 0 Å². The van der Waals surface area contributed by atoms with E-state index in [4.69, 9.17) is 9.47 Å². The zero-order chi connectivity index (χ0) is 19.1. The third kappa shape index (κ3) is 5.10. The number of nitrogens with one attached hydrogen (secondary N) is 1. The Kier molecular flexibility index (Phi) is 6.49. The van der Waals surface area contributed by atoms with Gasteiger partial charge in [-0.3, -0.25) is 4.79 Å². The molecule has 0 radical (unpaired) electrons. The summed E-state index contributed by atoms with van der Waals surface area (Å²) in [6, 6.07) is 15.3. The molecule has 1 N–H and O–H groups in total. The molecule has 7 heteroatoms. The zero-order valence-electron chi connectivity index (χ0n) is 15.2. The number of carbonyl (C=O) groups excluding carboxylic acids is 1. The Balaban J connectivity index is 1.61. The van der Waals surface area contributed by atoms with Crippen molar-refractivity contribution in [2.75, 3.05) is 13.7 Å². The Morgan fingerprint density at radius 3 is 2.70 bits per heavy atom. The molecule has 0 unspecified atom stereocenters. The summed E-state index contributed by atoms with van der Waals surface area (Å²) < 4.78 is 10.7. The number of thioether (sulfide) groups is 1. The van der Waals surface area contributed by atoms with Crippen molar-refractivity contribution in [3.63, 3.8) is 0 Å². The molecule has 2 aromatic rings. The van der Waals surface area contributed by atoms with Crippen LogP contribution in [-0.2, 0) is 11.2 Å². The fraction of sp³-hybridized carbons (Fsp3) is 0.250. The minimum Gasteiger partial charge on any atom is -0.496 e. The van der Waals surface area contributed by atoms with Crippen molar-refractivity contribution in [3.05, 3.63) is 59.7 Å². The lowest BCUT2D eigenvalue weighted by Crippen LogP contribution is -2.25. The molecule has 1 amide bonds. The minimum absolute atomic E-state index is 0.0554. The molecule has 1 aliphatic heterocycles. The Morgan fingerprint density at radius 1 is 1.19 bits per heavy atom. The maximum absolute atomic E-state index is 12.2. The molecule has 0 bridgehead atoms. The predicted molar refractivity (Wildman–Crippen MR) is 109 cm³/mol. The van der Waals surface area contributed by atoms with Crippen LogP contribution in [0.1, 0.15) is 18.1 Å². The van der Waals surface area contributed by atoms with Gasteiger partial charge in [0, 0.05) is 5.56 Å². The molecule has 27 heavy (non-hydrogen) atoms. The van der Waals surface area contributed by atoms with Crippen LogP contribution in [0, 0.1) is 0 Å². The first-order valence-corrected chi connectivity index (χ1v) is 9.51. The van der Waals surface area contributed by atoms with Crippen molar-refractivity contribution in [1.82, 2.24) is 5.32 Å². The van der Waals surface area contributed by atoms with E-state index in [9.17, 15) is 4.79 Å². The molecule has 6 nitrogen and oxygen atoms in total. The van der Waals surface area contributed by atoms with Crippen molar-refractivity contribution in [3.8, 4) is 11.5 Å². The quantitative estimate of drug-likeness (QED) is 0.588. The van der Waals surface area contributed by atoms with Crippen LogP contribution in [0.15, 0.2) is 58.7 Å². The number of hydrogen-bond donors (Lipinski definition) is 1. The van der Waals surface area contributed by atoms with E-state index in [2.05, 4.69) is 15.5 Å². The fourth-order valence-electron chi connectivity index (χ4n) is 2.61. The smallest absolute Gasteiger partial charge is 0.239 e. The van der Waals surface area contributed by atoms with Gasteiger partial charge in [-0.25, -0.2) is 0 Å². The largest absolute Gasteiger partial charge is 0.496 e. The van der Waals surface area contributed by atoms with Gasteiger partial charge in [0.2, 0.25) is 5.91 Å². The van der Waals surface area contributed by atoms with Crippen LogP contribution in [-0.4, -0.2) is 36.3 Å². The Labute approximate surface area is 162 Å². The highest BCUT2D eigenvalue weighted by Gasteiger charge is 2.30. The maximum Gasteiger partial charge on any atom is 0.239 e. The predicted octanol–water partition coefficient (Wildman–Crippen LogP) is 3.26. The van der Waals surface area contributed by atoms with Gasteiger partial charge in [0.25, 0.3) is 0 Å². The van der Waals surface area contributed by atoms with Crippen LogP contribution in [0.2, 0.25) is 0 Å². The second kappa shape index (κ2) is 9.23. The molecule has 0 aromatic heterocycles. The summed E-state index contributed by atoms with van der Waals surface area (Å²) in [6.07, 6.45) is 2.23. The zero-order valence-corrected chi connectivity index (χ0v) is 16.0. The van der Waals surface area contributed by atoms with Gasteiger partial charge in [-0.2, -0.15) is 5.10 Å². The monoisotopic (exact) mass is 383 g/mol. The summed E-state index contributed by atoms with van der Waals surface area (Å²) in [5, 5.41) is 11.2. The van der Waals surface area contributed by atoms with Gasteiger partial charge < -0.3 is 14.8 Å². The Bertz CT molecular complexity index is 850. The van der Waals surface area contributed by atoms with Gasteiger partial charge in [-0.05, 0) is 43.2 Å². The van der Waals surface area contributed by atoms with Crippen LogP contribution >= 0.6 is 11.8 Å². The summed E-state index contributed by atoms with van der Waals surface area (Å²) in [7, 11) is 1.61. The lowest BCUT2D eigenvalue weighted by atomic mass is 10.1. The summed E-state index contributed by atoms with van der Waals surface area (Å²) in [5.41, 5.74) is 1.90. The number of nitrogens with zero attached hydrogens (tertiary/aromatic N) is 2. The Morgan fingerprint density at radius 2 is 1.96 bits per heavy atom. The molecule has 0 aliphatic carbocycles. The number of hydrogen-bond acceptors (Lipinski definition) is 6. The van der Waals surface area contributed by atoms with Gasteiger partial charge in [0.05, 0.1) is 25.2 Å². The van der Waals surface area contributed by atoms with Crippen LogP contribution < -0.4 is 14.8 Å². The number of amidine groups is 1. The number of amides is 1. The van der Waals surface area contributed by atoms with E-state index < -0.39 is 0 Å². The van der Waals surface area contributed by atoms with E-state index in [-0.39, 0.29) is 11.2 Å². The lowest BCUT2D eigenvalue weighted by Gasteiger charge is -2.07.